The first-order chi connectivity index (χ1) is 14.1. The van der Waals surface area contributed by atoms with Crippen LogP contribution < -0.4 is 0 Å². The van der Waals surface area contributed by atoms with Gasteiger partial charge < -0.3 is 0 Å². The Hall–Kier alpha value is -0.733. The van der Waals surface area contributed by atoms with Gasteiger partial charge in [0.2, 0.25) is 0 Å². The van der Waals surface area contributed by atoms with Gasteiger partial charge in [0.05, 0.1) is 0 Å². The molecule has 2 aromatic carbocycles. The van der Waals surface area contributed by atoms with Gasteiger partial charge in [-0.15, -0.1) is 30.7 Å². The molecule has 1 aliphatic rings. The molecule has 0 amide bonds. The molecule has 0 heterocycles. The van der Waals surface area contributed by atoms with Crippen LogP contribution in [0.2, 0.25) is 31.4 Å². The van der Waals surface area contributed by atoms with Crippen LogP contribution in [0.1, 0.15) is 37.3 Å². The van der Waals surface area contributed by atoms with Crippen LogP contribution in [0.15, 0.2) is 78.0 Å². The fourth-order valence-electron chi connectivity index (χ4n) is 3.84. The van der Waals surface area contributed by atoms with Gasteiger partial charge in [-0.3, -0.25) is 6.08 Å². The number of allylic oxidation sites excluding steroid dienone is 4. The first-order valence-electron chi connectivity index (χ1n) is 10.8. The van der Waals surface area contributed by atoms with E-state index in [1.54, 1.807) is 0 Å². The summed E-state index contributed by atoms with van der Waals surface area (Å²) in [5, 5.41) is 2.27. The molecule has 0 aromatic heterocycles. The third-order valence-corrected chi connectivity index (χ3v) is 16.7. The monoisotopic (exact) mass is 543 g/mol. The largest absolute Gasteiger partial charge is 3.00 e. The fourth-order valence-corrected chi connectivity index (χ4v) is 17.4. The topological polar surface area (TPSA) is 0 Å². The quantitative estimate of drug-likeness (QED) is 0.200. The first kappa shape index (κ1) is 30.3. The van der Waals surface area contributed by atoms with Crippen LogP contribution in [0.4, 0.5) is 0 Å². The van der Waals surface area contributed by atoms with Gasteiger partial charge in [-0.05, 0) is 5.16 Å². The molecule has 1 radical (unpaired) electrons. The van der Waals surface area contributed by atoms with Crippen LogP contribution in [0, 0.1) is 19.9 Å². The van der Waals surface area contributed by atoms with E-state index >= 15 is 0 Å². The van der Waals surface area contributed by atoms with Crippen LogP contribution in [-0.4, -0.2) is 15.5 Å². The van der Waals surface area contributed by atoms with Crippen molar-refractivity contribution in [2.75, 3.05) is 0 Å². The Labute approximate surface area is 218 Å². The van der Waals surface area contributed by atoms with E-state index in [1.165, 1.54) is 18.0 Å². The summed E-state index contributed by atoms with van der Waals surface area (Å²) >= 11 is 6.75. The maximum Gasteiger partial charge on any atom is 3.00 e. The summed E-state index contributed by atoms with van der Waals surface area (Å²) in [6.45, 7) is 19.3. The molecule has 165 valence electrons. The van der Waals surface area contributed by atoms with Gasteiger partial charge in [0, 0.05) is 8.07 Å². The van der Waals surface area contributed by atoms with Crippen molar-refractivity contribution in [2.45, 2.75) is 57.5 Å². The Balaban J connectivity index is 0.000000495. The van der Waals surface area contributed by atoms with Crippen molar-refractivity contribution < 1.29 is 26.2 Å². The minimum Gasteiger partial charge on any atom is -0.274 e. The van der Waals surface area contributed by atoms with E-state index in [2.05, 4.69) is 65.2 Å². The van der Waals surface area contributed by atoms with E-state index in [-0.39, 0.29) is 26.2 Å². The maximum atomic E-state index is 6.75. The SMILES string of the molecule is CCCC([Si](C)(C)Cl)[Si](C)(C)C1=[C-]CC=C1.[CH2-]c1ccccc1.[CH2-]c1ccccc1.[Zr+3]. The minimum absolute atomic E-state index is 0. The van der Waals surface area contributed by atoms with Gasteiger partial charge in [-0.1, -0.05) is 58.1 Å². The molecule has 3 rings (SSSR count). The summed E-state index contributed by atoms with van der Waals surface area (Å²) in [6.07, 6.45) is 11.6. The molecule has 0 aliphatic heterocycles. The van der Waals surface area contributed by atoms with Crippen molar-refractivity contribution in [3.05, 3.63) is 109 Å². The van der Waals surface area contributed by atoms with Crippen LogP contribution in [-0.2, 0) is 26.2 Å². The summed E-state index contributed by atoms with van der Waals surface area (Å²) in [4.78, 5) is 0. The molecular weight excluding hydrogens is 507 g/mol. The summed E-state index contributed by atoms with van der Waals surface area (Å²) in [7, 11) is -2.98. The van der Waals surface area contributed by atoms with Crippen LogP contribution >= 0.6 is 11.1 Å². The number of rotatable bonds is 5. The van der Waals surface area contributed by atoms with E-state index in [0.29, 0.717) is 0 Å². The molecule has 1 atom stereocenters. The van der Waals surface area contributed by atoms with Crippen molar-refractivity contribution in [1.82, 2.24) is 0 Å². The van der Waals surface area contributed by atoms with Gasteiger partial charge in [-0.25, -0.2) is 11.3 Å². The minimum atomic E-state index is -1.57. The molecule has 0 fully saturated rings. The zero-order valence-electron chi connectivity index (χ0n) is 19.9. The van der Waals surface area contributed by atoms with E-state index in [0.717, 1.165) is 22.7 Å². The zero-order chi connectivity index (χ0) is 22.6. The van der Waals surface area contributed by atoms with Gasteiger partial charge in [0.15, 0.2) is 7.38 Å². The molecular formula is C27H38ClSi2Zr. The molecule has 31 heavy (non-hydrogen) atoms. The summed E-state index contributed by atoms with van der Waals surface area (Å²) in [6, 6.07) is 19.7. The molecule has 1 unspecified atom stereocenters. The second kappa shape index (κ2) is 15.2. The Morgan fingerprint density at radius 1 is 0.903 bits per heavy atom. The van der Waals surface area contributed by atoms with Crippen molar-refractivity contribution in [2.24, 2.45) is 0 Å². The van der Waals surface area contributed by atoms with Crippen molar-refractivity contribution >= 4 is 26.5 Å². The van der Waals surface area contributed by atoms with Crippen molar-refractivity contribution in [3.8, 4) is 0 Å². The Kier molecular flexibility index (Phi) is 14.8. The number of hydrogen-bond acceptors (Lipinski definition) is 0. The predicted octanol–water partition coefficient (Wildman–Crippen LogP) is 8.81. The molecule has 2 aromatic rings. The second-order valence-electron chi connectivity index (χ2n) is 8.80. The molecule has 0 saturated carbocycles. The Bertz CT molecular complexity index is 740. The first-order valence-corrected chi connectivity index (χ1v) is 18.0. The van der Waals surface area contributed by atoms with Crippen LogP contribution in [0.5, 0.6) is 0 Å². The standard InChI is InChI=1S/C13H24ClSi2.2C7H7.Zr/c1-6-9-13(16(4,5)14)15(2,3)12-10-7-8-11-12;2*1-7-5-3-2-4-6-7;/h7,10,13H,6,8-9H2,1-5H3;2*2-6H,1H2;/q3*-1;+3. The fraction of sp³-hybridized carbons (Fsp3) is 0.333. The van der Waals surface area contributed by atoms with Gasteiger partial charge >= 0.3 is 26.2 Å². The summed E-state index contributed by atoms with van der Waals surface area (Å²) < 4.78 is 0. The smallest absolute Gasteiger partial charge is 0.274 e. The number of halogens is 1. The van der Waals surface area contributed by atoms with Crippen LogP contribution in [0.3, 0.4) is 0 Å². The van der Waals surface area contributed by atoms with Crippen molar-refractivity contribution in [3.63, 3.8) is 0 Å². The summed E-state index contributed by atoms with van der Waals surface area (Å²) in [5.41, 5.74) is 2.14. The van der Waals surface area contributed by atoms with Gasteiger partial charge in [-0.2, -0.15) is 66.4 Å². The summed E-state index contributed by atoms with van der Waals surface area (Å²) in [5.74, 6) is 0. The average Bonchev–Trinajstić information content (AvgIpc) is 3.23. The molecule has 4 heteroatoms. The molecule has 0 bridgehead atoms. The van der Waals surface area contributed by atoms with E-state index in [1.807, 2.05) is 60.7 Å². The van der Waals surface area contributed by atoms with Gasteiger partial charge in [0.1, 0.15) is 0 Å². The van der Waals surface area contributed by atoms with E-state index in [9.17, 15) is 0 Å². The zero-order valence-corrected chi connectivity index (χ0v) is 25.1. The number of hydrogen-bond donors (Lipinski definition) is 0. The Morgan fingerprint density at radius 3 is 1.61 bits per heavy atom. The Morgan fingerprint density at radius 2 is 1.35 bits per heavy atom. The number of benzene rings is 2. The molecule has 0 N–H and O–H groups in total. The molecule has 0 saturated heterocycles. The average molecular weight is 545 g/mol. The third-order valence-electron chi connectivity index (χ3n) is 5.35. The van der Waals surface area contributed by atoms with E-state index in [4.69, 9.17) is 11.1 Å². The second-order valence-corrected chi connectivity index (χ2v) is 20.8. The third kappa shape index (κ3) is 11.6. The van der Waals surface area contributed by atoms with E-state index < -0.39 is 15.5 Å². The van der Waals surface area contributed by atoms with Gasteiger partial charge in [0.25, 0.3) is 0 Å². The maximum absolute atomic E-state index is 6.75. The van der Waals surface area contributed by atoms with Crippen molar-refractivity contribution in [1.29, 1.82) is 0 Å². The normalized spacial score (nSPS) is 13.5. The van der Waals surface area contributed by atoms with Crippen LogP contribution in [0.25, 0.3) is 0 Å². The molecule has 1 aliphatic carbocycles. The molecule has 0 nitrogen and oxygen atoms in total. The molecule has 0 spiro atoms. The predicted molar refractivity (Wildman–Crippen MR) is 142 cm³/mol.